The van der Waals surface area contributed by atoms with E-state index in [1.807, 2.05) is 36.4 Å². The summed E-state index contributed by atoms with van der Waals surface area (Å²) >= 11 is 0. The Bertz CT molecular complexity index is 654. The highest BCUT2D eigenvalue weighted by Crippen LogP contribution is 2.27. The van der Waals surface area contributed by atoms with Gasteiger partial charge in [0.05, 0.1) is 26.7 Å². The minimum Gasteiger partial charge on any atom is -0.493 e. The third kappa shape index (κ3) is 4.49. The molecule has 2 aromatic carbocycles. The summed E-state index contributed by atoms with van der Waals surface area (Å²) in [6, 6.07) is 16.2. The summed E-state index contributed by atoms with van der Waals surface area (Å²) in [5.41, 5.74) is 8.56. The lowest BCUT2D eigenvalue weighted by molar-refractivity contribution is -0.459. The van der Waals surface area contributed by atoms with E-state index in [1.54, 1.807) is 14.2 Å². The van der Waals surface area contributed by atoms with Gasteiger partial charge in [0.25, 0.3) is 0 Å². The minimum absolute atomic E-state index is 0.182. The Morgan fingerprint density at radius 3 is 2.39 bits per heavy atom. The van der Waals surface area contributed by atoms with Gasteiger partial charge in [0.2, 0.25) is 5.84 Å². The van der Waals surface area contributed by atoms with Gasteiger partial charge >= 0.3 is 0 Å². The number of amidine groups is 1. The maximum Gasteiger partial charge on any atom is 0.247 e. The molecule has 2 aromatic rings. The molecule has 0 aliphatic carbocycles. The van der Waals surface area contributed by atoms with Gasteiger partial charge in [0, 0.05) is 6.42 Å². The third-order valence-corrected chi connectivity index (χ3v) is 3.96. The van der Waals surface area contributed by atoms with E-state index in [0.717, 1.165) is 30.3 Å². The molecule has 1 atom stereocenters. The molecular weight excluding hydrogens is 288 g/mol. The molecule has 0 aromatic heterocycles. The molecule has 2 rings (SSSR count). The first-order valence-corrected chi connectivity index (χ1v) is 7.77. The first-order valence-electron chi connectivity index (χ1n) is 7.77. The molecule has 0 saturated heterocycles. The Balaban J connectivity index is 1.98. The topological polar surface area (TPSA) is 58.5 Å². The molecular formula is C19H25N2O2+. The number of hydrogen-bond acceptors (Lipinski definition) is 2. The van der Waals surface area contributed by atoms with Crippen LogP contribution in [0.1, 0.15) is 24.0 Å². The first kappa shape index (κ1) is 16.9. The summed E-state index contributed by atoms with van der Waals surface area (Å²) in [6.45, 7) is 2.88. The maximum atomic E-state index is 6.18. The standard InChI is InChI=1S/C19H24N2O2/c1-14(16-7-5-4-6-8-16)19(20)21-12-11-15-9-10-17(22-2)18(13-15)23-3/h4-10,13-14H,11-12H2,1-3H3,(H2,20,21)/p+1/t14-/m1/s1. The Morgan fingerprint density at radius 2 is 1.74 bits per heavy atom. The van der Waals surface area contributed by atoms with E-state index in [-0.39, 0.29) is 5.92 Å². The zero-order valence-electron chi connectivity index (χ0n) is 14.0. The quantitative estimate of drug-likeness (QED) is 0.601. The van der Waals surface area contributed by atoms with Crippen LogP contribution >= 0.6 is 0 Å². The number of nitrogens with one attached hydrogen (secondary N) is 1. The summed E-state index contributed by atoms with van der Waals surface area (Å²) in [4.78, 5) is 3.32. The van der Waals surface area contributed by atoms with Crippen molar-refractivity contribution in [2.75, 3.05) is 20.8 Å². The molecule has 0 fully saturated rings. The van der Waals surface area contributed by atoms with Crippen LogP contribution in [0.2, 0.25) is 0 Å². The van der Waals surface area contributed by atoms with Gasteiger partial charge in [-0.3, -0.25) is 10.7 Å². The minimum atomic E-state index is 0.182. The fourth-order valence-electron chi connectivity index (χ4n) is 2.46. The Morgan fingerprint density at radius 1 is 1.04 bits per heavy atom. The van der Waals surface area contributed by atoms with Crippen LogP contribution in [0.3, 0.4) is 0 Å². The van der Waals surface area contributed by atoms with Gasteiger partial charge in [-0.15, -0.1) is 0 Å². The van der Waals surface area contributed by atoms with Crippen LogP contribution in [0, 0.1) is 0 Å². The van der Waals surface area contributed by atoms with Gasteiger partial charge in [0.15, 0.2) is 11.5 Å². The van der Waals surface area contributed by atoms with Gasteiger partial charge in [-0.05, 0) is 30.2 Å². The normalized spacial score (nSPS) is 12.7. The number of hydrogen-bond donors (Lipinski definition) is 2. The van der Waals surface area contributed by atoms with Gasteiger partial charge in [-0.1, -0.05) is 36.4 Å². The van der Waals surface area contributed by atoms with Crippen molar-refractivity contribution >= 4 is 5.84 Å². The molecule has 0 aliphatic heterocycles. The number of nitrogens with two attached hydrogens (primary N) is 1. The van der Waals surface area contributed by atoms with E-state index < -0.39 is 0 Å². The van der Waals surface area contributed by atoms with E-state index in [2.05, 4.69) is 24.0 Å². The Labute approximate surface area is 138 Å². The fraction of sp³-hybridized carbons (Fsp3) is 0.316. The average molecular weight is 313 g/mol. The first-order chi connectivity index (χ1) is 11.2. The summed E-state index contributed by atoms with van der Waals surface area (Å²) < 4.78 is 10.6. The molecule has 0 spiro atoms. The molecule has 4 heteroatoms. The van der Waals surface area contributed by atoms with Crippen molar-refractivity contribution in [1.82, 2.24) is 0 Å². The van der Waals surface area contributed by atoms with Crippen LogP contribution in [0.15, 0.2) is 48.5 Å². The molecule has 3 N–H and O–H groups in total. The average Bonchev–Trinajstić information content (AvgIpc) is 2.61. The molecule has 0 amide bonds. The van der Waals surface area contributed by atoms with Crippen molar-refractivity contribution in [3.05, 3.63) is 59.7 Å². The van der Waals surface area contributed by atoms with Crippen molar-refractivity contribution < 1.29 is 14.5 Å². The molecule has 0 saturated carbocycles. The monoisotopic (exact) mass is 313 g/mol. The fourth-order valence-corrected chi connectivity index (χ4v) is 2.46. The molecule has 0 radical (unpaired) electrons. The Kier molecular flexibility index (Phi) is 6.03. The zero-order chi connectivity index (χ0) is 16.7. The maximum absolute atomic E-state index is 6.18. The second kappa shape index (κ2) is 8.22. The Hall–Kier alpha value is -2.49. The van der Waals surface area contributed by atoms with E-state index in [9.17, 15) is 0 Å². The van der Waals surface area contributed by atoms with Gasteiger partial charge in [0.1, 0.15) is 0 Å². The van der Waals surface area contributed by atoms with Crippen molar-refractivity contribution in [2.24, 2.45) is 5.73 Å². The predicted molar refractivity (Wildman–Crippen MR) is 93.1 cm³/mol. The lowest BCUT2D eigenvalue weighted by Gasteiger charge is -2.09. The van der Waals surface area contributed by atoms with Crippen LogP contribution in [0.5, 0.6) is 11.5 Å². The molecule has 23 heavy (non-hydrogen) atoms. The molecule has 0 bridgehead atoms. The SMILES string of the molecule is COc1ccc(CC[NH+]=C(N)[C@H](C)c2ccccc2)cc1OC. The van der Waals surface area contributed by atoms with Gasteiger partial charge < -0.3 is 9.47 Å². The smallest absolute Gasteiger partial charge is 0.247 e. The highest BCUT2D eigenvalue weighted by molar-refractivity contribution is 5.81. The summed E-state index contributed by atoms with van der Waals surface area (Å²) in [6.07, 6.45) is 0.864. The van der Waals surface area contributed by atoms with Crippen LogP contribution in [0.4, 0.5) is 0 Å². The number of benzene rings is 2. The van der Waals surface area contributed by atoms with E-state index in [1.165, 1.54) is 11.1 Å². The van der Waals surface area contributed by atoms with E-state index >= 15 is 0 Å². The lowest BCUT2D eigenvalue weighted by Crippen LogP contribution is -2.77. The molecule has 0 unspecified atom stereocenters. The summed E-state index contributed by atoms with van der Waals surface area (Å²) in [5, 5.41) is 0. The van der Waals surface area contributed by atoms with Crippen molar-refractivity contribution in [3.8, 4) is 11.5 Å². The number of methoxy groups -OCH3 is 2. The molecule has 0 aliphatic rings. The van der Waals surface area contributed by atoms with Crippen molar-refractivity contribution in [2.45, 2.75) is 19.3 Å². The van der Waals surface area contributed by atoms with Crippen molar-refractivity contribution in [1.29, 1.82) is 0 Å². The van der Waals surface area contributed by atoms with Crippen LogP contribution in [-0.4, -0.2) is 26.6 Å². The van der Waals surface area contributed by atoms with Crippen LogP contribution in [-0.2, 0) is 6.42 Å². The molecule has 0 heterocycles. The highest BCUT2D eigenvalue weighted by atomic mass is 16.5. The second-order valence-electron chi connectivity index (χ2n) is 5.45. The molecule has 122 valence electrons. The van der Waals surface area contributed by atoms with E-state index in [0.29, 0.717) is 0 Å². The van der Waals surface area contributed by atoms with Crippen LogP contribution in [0.25, 0.3) is 0 Å². The van der Waals surface area contributed by atoms with Crippen molar-refractivity contribution in [3.63, 3.8) is 0 Å². The zero-order valence-corrected chi connectivity index (χ0v) is 14.0. The largest absolute Gasteiger partial charge is 0.493 e. The number of ether oxygens (including phenoxy) is 2. The van der Waals surface area contributed by atoms with Gasteiger partial charge in [-0.25, -0.2) is 0 Å². The predicted octanol–water partition coefficient (Wildman–Crippen LogP) is 1.49. The third-order valence-electron chi connectivity index (χ3n) is 3.96. The summed E-state index contributed by atoms with van der Waals surface area (Å²) in [7, 11) is 3.28. The second-order valence-corrected chi connectivity index (χ2v) is 5.45. The van der Waals surface area contributed by atoms with E-state index in [4.69, 9.17) is 15.2 Å². The van der Waals surface area contributed by atoms with Gasteiger partial charge in [-0.2, -0.15) is 0 Å². The molecule has 4 nitrogen and oxygen atoms in total. The highest BCUT2D eigenvalue weighted by Gasteiger charge is 2.13. The summed E-state index contributed by atoms with van der Waals surface area (Å²) in [5.74, 6) is 2.46. The lowest BCUT2D eigenvalue weighted by atomic mass is 10.0. The number of rotatable bonds is 7. The van der Waals surface area contributed by atoms with Crippen LogP contribution < -0.4 is 20.2 Å².